The summed E-state index contributed by atoms with van der Waals surface area (Å²) in [6.07, 6.45) is 2.76. The van der Waals surface area contributed by atoms with Gasteiger partial charge in [0.25, 0.3) is 5.91 Å². The summed E-state index contributed by atoms with van der Waals surface area (Å²) >= 11 is 3.41. The second-order valence-corrected chi connectivity index (χ2v) is 7.86. The van der Waals surface area contributed by atoms with Crippen molar-refractivity contribution < 1.29 is 9.53 Å². The lowest BCUT2D eigenvalue weighted by Gasteiger charge is -2.13. The van der Waals surface area contributed by atoms with Crippen LogP contribution in [0.25, 0.3) is 16.9 Å². The number of hydrogen-bond donors (Lipinski definition) is 1. The first-order chi connectivity index (χ1) is 15.6. The highest BCUT2D eigenvalue weighted by atomic mass is 79.9. The minimum Gasteiger partial charge on any atom is -0.480 e. The summed E-state index contributed by atoms with van der Waals surface area (Å²) in [5.74, 6) is 0.239. The van der Waals surface area contributed by atoms with Crippen LogP contribution in [0.5, 0.6) is 5.75 Å². The van der Waals surface area contributed by atoms with Gasteiger partial charge in [0, 0.05) is 17.3 Å². The summed E-state index contributed by atoms with van der Waals surface area (Å²) in [4.78, 5) is 12.4. The van der Waals surface area contributed by atoms with Crippen LogP contribution in [0.4, 0.5) is 0 Å². The van der Waals surface area contributed by atoms with Crippen LogP contribution >= 0.6 is 15.9 Å². The minimum absolute atomic E-state index is 0.353. The molecular weight excluding hydrogens is 468 g/mol. The lowest BCUT2D eigenvalue weighted by Crippen LogP contribution is -2.33. The highest BCUT2D eigenvalue weighted by Crippen LogP contribution is 2.25. The van der Waals surface area contributed by atoms with Crippen molar-refractivity contribution in [2.75, 3.05) is 0 Å². The summed E-state index contributed by atoms with van der Waals surface area (Å²) in [5, 5.41) is 8.88. The quantitative estimate of drug-likeness (QED) is 0.286. The van der Waals surface area contributed by atoms with Crippen molar-refractivity contribution >= 4 is 28.1 Å². The predicted molar refractivity (Wildman–Crippen MR) is 129 cm³/mol. The van der Waals surface area contributed by atoms with E-state index in [4.69, 9.17) is 9.84 Å². The first kappa shape index (κ1) is 21.5. The normalized spacial score (nSPS) is 11.9. The van der Waals surface area contributed by atoms with Crippen molar-refractivity contribution in [2.24, 2.45) is 5.10 Å². The fourth-order valence-electron chi connectivity index (χ4n) is 3.06. The van der Waals surface area contributed by atoms with E-state index in [1.807, 2.05) is 85.1 Å². The fourth-order valence-corrected chi connectivity index (χ4v) is 3.43. The lowest BCUT2D eigenvalue weighted by atomic mass is 10.1. The molecule has 4 aromatic rings. The van der Waals surface area contributed by atoms with Crippen molar-refractivity contribution in [1.29, 1.82) is 0 Å². The molecule has 0 saturated carbocycles. The number of rotatable bonds is 7. The maximum absolute atomic E-state index is 12.4. The van der Waals surface area contributed by atoms with E-state index in [2.05, 4.69) is 26.5 Å². The zero-order chi connectivity index (χ0) is 22.3. The maximum Gasteiger partial charge on any atom is 0.280 e. The van der Waals surface area contributed by atoms with Crippen molar-refractivity contribution in [2.45, 2.75) is 13.0 Å². The number of nitrogens with one attached hydrogen (secondary N) is 1. The first-order valence-electron chi connectivity index (χ1n) is 10.1. The highest BCUT2D eigenvalue weighted by Gasteiger charge is 2.16. The molecule has 1 atom stereocenters. The Morgan fingerprint density at radius 1 is 1.03 bits per heavy atom. The van der Waals surface area contributed by atoms with E-state index in [0.29, 0.717) is 5.75 Å². The average Bonchev–Trinajstić information content (AvgIpc) is 3.26. The van der Waals surface area contributed by atoms with Gasteiger partial charge in [0.1, 0.15) is 11.4 Å². The molecule has 7 heteroatoms. The Morgan fingerprint density at radius 2 is 1.69 bits per heavy atom. The molecule has 160 valence electrons. The number of carbonyl (C=O) groups excluding carboxylic acids is 1. The Labute approximate surface area is 194 Å². The molecule has 0 aliphatic carbocycles. The van der Waals surface area contributed by atoms with Crippen molar-refractivity contribution in [3.05, 3.63) is 101 Å². The molecule has 1 amide bonds. The van der Waals surface area contributed by atoms with Gasteiger partial charge in [-0.05, 0) is 47.1 Å². The SMILES string of the molecule is C[C@@H](Oc1ccccc1Br)C(=O)N/N=C\c1cn(-c2ccccc2)nc1-c1ccccc1. The topological polar surface area (TPSA) is 68.5 Å². The second kappa shape index (κ2) is 10.1. The van der Waals surface area contributed by atoms with E-state index in [1.165, 1.54) is 0 Å². The van der Waals surface area contributed by atoms with E-state index in [0.717, 1.165) is 27.0 Å². The van der Waals surface area contributed by atoms with Gasteiger partial charge in [-0.1, -0.05) is 60.7 Å². The van der Waals surface area contributed by atoms with Crippen LogP contribution in [0.1, 0.15) is 12.5 Å². The van der Waals surface area contributed by atoms with Gasteiger partial charge in [-0.2, -0.15) is 10.2 Å². The molecule has 1 heterocycles. The number of hydrazone groups is 1. The molecule has 0 saturated heterocycles. The second-order valence-electron chi connectivity index (χ2n) is 7.00. The number of nitrogens with zero attached hydrogens (tertiary/aromatic N) is 3. The molecule has 0 bridgehead atoms. The number of halogens is 1. The van der Waals surface area contributed by atoms with Gasteiger partial charge in [-0.3, -0.25) is 4.79 Å². The Balaban J connectivity index is 1.52. The Morgan fingerprint density at radius 3 is 2.41 bits per heavy atom. The summed E-state index contributed by atoms with van der Waals surface area (Å²) in [6, 6.07) is 27.1. The predicted octanol–water partition coefficient (Wildman–Crippen LogP) is 5.22. The molecule has 32 heavy (non-hydrogen) atoms. The molecule has 0 aliphatic heterocycles. The van der Waals surface area contributed by atoms with E-state index >= 15 is 0 Å². The Hall–Kier alpha value is -3.71. The standard InChI is InChI=1S/C25H21BrN4O2/c1-18(32-23-15-9-8-14-22(23)26)25(31)28-27-16-20-17-30(21-12-6-3-7-13-21)29-24(20)19-10-4-2-5-11-19/h2-18H,1H3,(H,28,31)/b27-16-/t18-/m1/s1. The lowest BCUT2D eigenvalue weighted by molar-refractivity contribution is -0.127. The van der Waals surface area contributed by atoms with Crippen LogP contribution in [0.2, 0.25) is 0 Å². The Bertz CT molecular complexity index is 1220. The minimum atomic E-state index is -0.716. The molecule has 0 spiro atoms. The maximum atomic E-state index is 12.4. The van der Waals surface area contributed by atoms with Crippen LogP contribution in [0.15, 0.2) is 101 Å². The molecule has 1 N–H and O–H groups in total. The van der Waals surface area contributed by atoms with Crippen molar-refractivity contribution in [3.8, 4) is 22.7 Å². The highest BCUT2D eigenvalue weighted by molar-refractivity contribution is 9.10. The van der Waals surface area contributed by atoms with E-state index in [1.54, 1.807) is 23.9 Å². The summed E-state index contributed by atoms with van der Waals surface area (Å²) < 4.78 is 8.29. The van der Waals surface area contributed by atoms with Crippen molar-refractivity contribution in [3.63, 3.8) is 0 Å². The molecule has 1 aromatic heterocycles. The Kier molecular flexibility index (Phi) is 6.77. The van der Waals surface area contributed by atoms with Crippen LogP contribution in [0.3, 0.4) is 0 Å². The third kappa shape index (κ3) is 5.12. The number of ether oxygens (including phenoxy) is 1. The van der Waals surface area contributed by atoms with E-state index in [9.17, 15) is 4.79 Å². The molecule has 0 fully saturated rings. The number of hydrogen-bond acceptors (Lipinski definition) is 4. The summed E-state index contributed by atoms with van der Waals surface area (Å²) in [5.41, 5.74) is 5.99. The number of para-hydroxylation sites is 2. The zero-order valence-electron chi connectivity index (χ0n) is 17.4. The molecule has 0 aliphatic rings. The fraction of sp³-hybridized carbons (Fsp3) is 0.0800. The van der Waals surface area contributed by atoms with Crippen LogP contribution in [-0.4, -0.2) is 28.0 Å². The monoisotopic (exact) mass is 488 g/mol. The summed E-state index contributed by atoms with van der Waals surface area (Å²) in [6.45, 7) is 1.67. The number of benzene rings is 3. The van der Waals surface area contributed by atoms with Gasteiger partial charge in [0.2, 0.25) is 0 Å². The van der Waals surface area contributed by atoms with Gasteiger partial charge in [0.15, 0.2) is 6.10 Å². The molecule has 4 rings (SSSR count). The molecular formula is C25H21BrN4O2. The van der Waals surface area contributed by atoms with E-state index < -0.39 is 6.10 Å². The molecule has 0 radical (unpaired) electrons. The molecule has 6 nitrogen and oxygen atoms in total. The zero-order valence-corrected chi connectivity index (χ0v) is 18.9. The third-order valence-electron chi connectivity index (χ3n) is 4.70. The van der Waals surface area contributed by atoms with Crippen molar-refractivity contribution in [1.82, 2.24) is 15.2 Å². The van der Waals surface area contributed by atoms with Gasteiger partial charge >= 0.3 is 0 Å². The molecule has 3 aromatic carbocycles. The van der Waals surface area contributed by atoms with Crippen LogP contribution in [-0.2, 0) is 4.79 Å². The third-order valence-corrected chi connectivity index (χ3v) is 5.35. The van der Waals surface area contributed by atoms with Gasteiger partial charge in [0.05, 0.1) is 16.4 Å². The smallest absolute Gasteiger partial charge is 0.280 e. The summed E-state index contributed by atoms with van der Waals surface area (Å²) in [7, 11) is 0. The largest absolute Gasteiger partial charge is 0.480 e. The number of carbonyl (C=O) groups is 1. The first-order valence-corrected chi connectivity index (χ1v) is 10.9. The van der Waals surface area contributed by atoms with Gasteiger partial charge in [-0.25, -0.2) is 10.1 Å². The molecule has 0 unspecified atom stereocenters. The van der Waals surface area contributed by atoms with Crippen LogP contribution < -0.4 is 10.2 Å². The van der Waals surface area contributed by atoms with Crippen LogP contribution in [0, 0.1) is 0 Å². The van der Waals surface area contributed by atoms with Gasteiger partial charge < -0.3 is 4.74 Å². The average molecular weight is 489 g/mol. The van der Waals surface area contributed by atoms with Gasteiger partial charge in [-0.15, -0.1) is 0 Å². The number of aromatic nitrogens is 2. The van der Waals surface area contributed by atoms with E-state index in [-0.39, 0.29) is 5.91 Å². The number of amides is 1.